The van der Waals surface area contributed by atoms with Crippen LogP contribution in [-0.2, 0) is 9.53 Å². The van der Waals surface area contributed by atoms with E-state index in [1.807, 2.05) is 0 Å². The van der Waals surface area contributed by atoms with E-state index in [0.717, 1.165) is 12.8 Å². The van der Waals surface area contributed by atoms with Crippen LogP contribution in [0.25, 0.3) is 0 Å². The Labute approximate surface area is 132 Å². The van der Waals surface area contributed by atoms with Crippen LogP contribution in [0.5, 0.6) is 5.75 Å². The molecule has 0 spiro atoms. The number of esters is 1. The molecule has 1 fully saturated rings. The van der Waals surface area contributed by atoms with Gasteiger partial charge in [-0.3, -0.25) is 4.79 Å². The van der Waals surface area contributed by atoms with Crippen molar-refractivity contribution in [1.29, 1.82) is 0 Å². The predicted molar refractivity (Wildman–Crippen MR) is 81.1 cm³/mol. The maximum Gasteiger partial charge on any atom is 0.328 e. The van der Waals surface area contributed by atoms with Gasteiger partial charge in [-0.1, -0.05) is 15.9 Å². The van der Waals surface area contributed by atoms with Crippen molar-refractivity contribution in [3.05, 3.63) is 28.2 Å². The van der Waals surface area contributed by atoms with Gasteiger partial charge >= 0.3 is 5.97 Å². The van der Waals surface area contributed by atoms with Crippen LogP contribution in [0, 0.1) is 0 Å². The molecule has 114 valence electrons. The molecule has 0 aliphatic carbocycles. The summed E-state index contributed by atoms with van der Waals surface area (Å²) in [6, 6.07) is 4.15. The minimum atomic E-state index is -0.561. The molecule has 6 heteroatoms. The molecule has 1 aliphatic rings. The van der Waals surface area contributed by atoms with Crippen molar-refractivity contribution in [1.82, 2.24) is 4.90 Å². The van der Waals surface area contributed by atoms with E-state index >= 15 is 0 Å². The second-order valence-electron chi connectivity index (χ2n) is 4.92. The number of benzene rings is 1. The molecule has 0 radical (unpaired) electrons. The van der Waals surface area contributed by atoms with E-state index in [1.165, 1.54) is 11.0 Å². The van der Waals surface area contributed by atoms with Crippen LogP contribution in [0.2, 0.25) is 0 Å². The molecular formula is C15H18BrNO4. The quantitative estimate of drug-likeness (QED) is 0.846. The molecule has 1 saturated heterocycles. The number of ether oxygens (including phenoxy) is 1. The van der Waals surface area contributed by atoms with Crippen molar-refractivity contribution in [2.45, 2.75) is 32.2 Å². The van der Waals surface area contributed by atoms with Gasteiger partial charge in [-0.25, -0.2) is 4.79 Å². The van der Waals surface area contributed by atoms with Crippen LogP contribution in [-0.4, -0.2) is 41.1 Å². The summed E-state index contributed by atoms with van der Waals surface area (Å²) in [5.41, 5.74) is 0.203. The maximum atomic E-state index is 12.6. The van der Waals surface area contributed by atoms with Gasteiger partial charge in [0, 0.05) is 11.0 Å². The predicted octanol–water partition coefficient (Wildman–Crippen LogP) is 2.71. The fourth-order valence-corrected chi connectivity index (χ4v) is 2.85. The molecule has 1 N–H and O–H groups in total. The Kier molecular flexibility index (Phi) is 5.22. The topological polar surface area (TPSA) is 66.8 Å². The lowest BCUT2D eigenvalue weighted by molar-refractivity contribution is -0.149. The Bertz CT molecular complexity index is 546. The zero-order valence-corrected chi connectivity index (χ0v) is 13.4. The van der Waals surface area contributed by atoms with Crippen LogP contribution < -0.4 is 0 Å². The normalized spacial score (nSPS) is 18.4. The van der Waals surface area contributed by atoms with Gasteiger partial charge in [0.25, 0.3) is 5.91 Å². The number of carbonyl (C=O) groups excluding carboxylic acids is 2. The minimum Gasteiger partial charge on any atom is -0.507 e. The highest BCUT2D eigenvalue weighted by Crippen LogP contribution is 2.27. The molecule has 1 amide bonds. The van der Waals surface area contributed by atoms with Crippen molar-refractivity contribution >= 4 is 27.8 Å². The van der Waals surface area contributed by atoms with E-state index in [1.54, 1.807) is 19.1 Å². The van der Waals surface area contributed by atoms with Gasteiger partial charge in [-0.15, -0.1) is 0 Å². The third-order valence-corrected chi connectivity index (χ3v) is 4.01. The number of aromatic hydroxyl groups is 1. The molecular weight excluding hydrogens is 338 g/mol. The van der Waals surface area contributed by atoms with Crippen LogP contribution in [0.4, 0.5) is 0 Å². The number of piperidine rings is 1. The van der Waals surface area contributed by atoms with E-state index in [-0.39, 0.29) is 23.2 Å². The third kappa shape index (κ3) is 3.56. The fraction of sp³-hybridized carbons (Fsp3) is 0.467. The molecule has 1 unspecified atom stereocenters. The van der Waals surface area contributed by atoms with Gasteiger partial charge < -0.3 is 14.7 Å². The number of carbonyl (C=O) groups is 2. The highest BCUT2D eigenvalue weighted by Gasteiger charge is 2.34. The number of rotatable bonds is 3. The first-order valence-electron chi connectivity index (χ1n) is 7.00. The number of amides is 1. The van der Waals surface area contributed by atoms with Gasteiger partial charge in [0.05, 0.1) is 12.2 Å². The smallest absolute Gasteiger partial charge is 0.328 e. The Hall–Kier alpha value is -1.56. The van der Waals surface area contributed by atoms with Crippen LogP contribution in [0.1, 0.15) is 36.5 Å². The van der Waals surface area contributed by atoms with E-state index in [4.69, 9.17) is 4.74 Å². The maximum absolute atomic E-state index is 12.6. The second kappa shape index (κ2) is 6.93. The molecule has 1 aromatic carbocycles. The highest BCUT2D eigenvalue weighted by atomic mass is 79.9. The summed E-state index contributed by atoms with van der Waals surface area (Å²) in [6.45, 7) is 2.53. The molecule has 1 atom stereocenters. The second-order valence-corrected chi connectivity index (χ2v) is 5.84. The number of hydrogen-bond acceptors (Lipinski definition) is 4. The highest BCUT2D eigenvalue weighted by molar-refractivity contribution is 9.10. The molecule has 0 bridgehead atoms. The molecule has 2 rings (SSSR count). The van der Waals surface area contributed by atoms with Crippen molar-refractivity contribution in [3.8, 4) is 5.75 Å². The number of phenols is 1. The van der Waals surface area contributed by atoms with Gasteiger partial charge in [0.15, 0.2) is 0 Å². The number of nitrogens with zero attached hydrogens (tertiary/aromatic N) is 1. The molecule has 1 heterocycles. The summed E-state index contributed by atoms with van der Waals surface area (Å²) in [6.07, 6.45) is 2.33. The number of halogens is 1. The van der Waals surface area contributed by atoms with Crippen molar-refractivity contribution in [2.24, 2.45) is 0 Å². The summed E-state index contributed by atoms with van der Waals surface area (Å²) < 4.78 is 5.74. The van der Waals surface area contributed by atoms with E-state index in [9.17, 15) is 14.7 Å². The monoisotopic (exact) mass is 355 g/mol. The zero-order valence-electron chi connectivity index (χ0n) is 11.8. The number of likely N-dealkylation sites (tertiary alicyclic amines) is 1. The third-order valence-electron chi connectivity index (χ3n) is 3.51. The van der Waals surface area contributed by atoms with Crippen molar-refractivity contribution in [3.63, 3.8) is 0 Å². The first-order valence-corrected chi connectivity index (χ1v) is 7.80. The lowest BCUT2D eigenvalue weighted by Crippen LogP contribution is -2.48. The van der Waals surface area contributed by atoms with Crippen LogP contribution >= 0.6 is 15.9 Å². The summed E-state index contributed by atoms with van der Waals surface area (Å²) >= 11 is 3.24. The molecule has 0 aromatic heterocycles. The van der Waals surface area contributed by atoms with E-state index in [2.05, 4.69) is 15.9 Å². The van der Waals surface area contributed by atoms with Crippen molar-refractivity contribution in [2.75, 3.05) is 13.2 Å². The molecule has 1 aromatic rings. The Morgan fingerprint density at radius 3 is 2.86 bits per heavy atom. The molecule has 1 aliphatic heterocycles. The average molecular weight is 356 g/mol. The largest absolute Gasteiger partial charge is 0.507 e. The fourth-order valence-electron chi connectivity index (χ4n) is 2.50. The molecule has 5 nitrogen and oxygen atoms in total. The lowest BCUT2D eigenvalue weighted by Gasteiger charge is -2.34. The van der Waals surface area contributed by atoms with Gasteiger partial charge in [-0.05, 0) is 44.4 Å². The van der Waals surface area contributed by atoms with E-state index < -0.39 is 6.04 Å². The van der Waals surface area contributed by atoms with Gasteiger partial charge in [0.1, 0.15) is 11.8 Å². The SMILES string of the molecule is CCOC(=O)C1CCCCN1C(=O)c1ccc(Br)cc1O. The van der Waals surface area contributed by atoms with Crippen molar-refractivity contribution < 1.29 is 19.4 Å². The Morgan fingerprint density at radius 1 is 1.43 bits per heavy atom. The molecule has 0 saturated carbocycles. The average Bonchev–Trinajstić information content (AvgIpc) is 2.47. The Balaban J connectivity index is 2.24. The number of phenolic OH excluding ortho intramolecular Hbond substituents is 1. The summed E-state index contributed by atoms with van der Waals surface area (Å²) in [7, 11) is 0. The minimum absolute atomic E-state index is 0.0949. The van der Waals surface area contributed by atoms with Crippen LogP contribution in [0.3, 0.4) is 0 Å². The Morgan fingerprint density at radius 2 is 2.19 bits per heavy atom. The zero-order chi connectivity index (χ0) is 15.4. The summed E-state index contributed by atoms with van der Waals surface area (Å²) in [5.74, 6) is -0.803. The standard InChI is InChI=1S/C15H18BrNO4/c1-2-21-15(20)12-5-3-4-8-17(12)14(19)11-7-6-10(16)9-13(11)18/h6-7,9,12,18H,2-5,8H2,1H3. The lowest BCUT2D eigenvalue weighted by atomic mass is 10.0. The van der Waals surface area contributed by atoms with Gasteiger partial charge in [0.2, 0.25) is 0 Å². The first kappa shape index (κ1) is 15.8. The summed E-state index contributed by atoms with van der Waals surface area (Å²) in [5, 5.41) is 9.93. The number of hydrogen-bond donors (Lipinski definition) is 1. The molecule has 21 heavy (non-hydrogen) atoms. The van der Waals surface area contributed by atoms with E-state index in [0.29, 0.717) is 24.0 Å². The van der Waals surface area contributed by atoms with Crippen LogP contribution in [0.15, 0.2) is 22.7 Å². The summed E-state index contributed by atoms with van der Waals surface area (Å²) in [4.78, 5) is 26.1. The first-order chi connectivity index (χ1) is 10.0. The van der Waals surface area contributed by atoms with Gasteiger partial charge in [-0.2, -0.15) is 0 Å².